The predicted octanol–water partition coefficient (Wildman–Crippen LogP) is 2.05. The van der Waals surface area contributed by atoms with Crippen LogP contribution in [0.4, 0.5) is 0 Å². The fourth-order valence-corrected chi connectivity index (χ4v) is 2.51. The lowest BCUT2D eigenvalue weighted by Gasteiger charge is -2.09. The van der Waals surface area contributed by atoms with Crippen molar-refractivity contribution in [3.05, 3.63) is 54.2 Å². The molecule has 27 heavy (non-hydrogen) atoms. The molecule has 2 aromatic heterocycles. The van der Waals surface area contributed by atoms with Crippen molar-refractivity contribution in [1.29, 1.82) is 0 Å². The van der Waals surface area contributed by atoms with Gasteiger partial charge >= 0.3 is 0 Å². The molecular formula is C19H20N4O4. The van der Waals surface area contributed by atoms with Gasteiger partial charge in [0.05, 0.1) is 26.2 Å². The van der Waals surface area contributed by atoms with Gasteiger partial charge in [-0.25, -0.2) is 0 Å². The van der Waals surface area contributed by atoms with Crippen LogP contribution in [0.5, 0.6) is 11.5 Å². The summed E-state index contributed by atoms with van der Waals surface area (Å²) in [5, 5.41) is 10.8. The summed E-state index contributed by atoms with van der Waals surface area (Å²) in [4.78, 5) is 16.1. The zero-order valence-corrected chi connectivity index (χ0v) is 15.1. The van der Waals surface area contributed by atoms with Crippen molar-refractivity contribution < 1.29 is 18.7 Å². The second-order valence-corrected chi connectivity index (χ2v) is 5.71. The van der Waals surface area contributed by atoms with Crippen LogP contribution >= 0.6 is 0 Å². The number of hydrogen-bond donors (Lipinski definition) is 1. The maximum atomic E-state index is 12.1. The minimum atomic E-state index is -0.103. The number of nitrogens with zero attached hydrogens (tertiary/aromatic N) is 3. The third-order valence-electron chi connectivity index (χ3n) is 3.85. The number of aromatic nitrogens is 3. The molecule has 1 amide bonds. The Labute approximate surface area is 156 Å². The molecule has 0 spiro atoms. The summed E-state index contributed by atoms with van der Waals surface area (Å²) in [6.07, 6.45) is 4.02. The van der Waals surface area contributed by atoms with Gasteiger partial charge in [0.15, 0.2) is 11.5 Å². The summed E-state index contributed by atoms with van der Waals surface area (Å²) in [5.41, 5.74) is 1.59. The largest absolute Gasteiger partial charge is 0.493 e. The number of ether oxygens (including phenoxy) is 2. The number of carbonyl (C=O) groups is 1. The van der Waals surface area contributed by atoms with Gasteiger partial charge in [0.1, 0.15) is 0 Å². The van der Waals surface area contributed by atoms with Gasteiger partial charge in [-0.3, -0.25) is 9.78 Å². The topological polar surface area (TPSA) is 99.4 Å². The van der Waals surface area contributed by atoms with E-state index in [-0.39, 0.29) is 12.3 Å². The third kappa shape index (κ3) is 4.81. The summed E-state index contributed by atoms with van der Waals surface area (Å²) >= 11 is 0. The molecular weight excluding hydrogens is 348 g/mol. The average Bonchev–Trinajstić information content (AvgIpc) is 3.17. The SMILES string of the molecule is COc1ccc(CC(=O)NCCc2nnc(-c3cccnc3)o2)cc1OC. The van der Waals surface area contributed by atoms with E-state index < -0.39 is 0 Å². The van der Waals surface area contributed by atoms with E-state index in [1.807, 2.05) is 12.1 Å². The molecule has 0 unspecified atom stereocenters. The molecule has 0 radical (unpaired) electrons. The van der Waals surface area contributed by atoms with Crippen LogP contribution in [0.1, 0.15) is 11.5 Å². The Bertz CT molecular complexity index is 896. The number of benzene rings is 1. The molecule has 8 nitrogen and oxygen atoms in total. The first kappa shape index (κ1) is 18.4. The number of amides is 1. The highest BCUT2D eigenvalue weighted by Crippen LogP contribution is 2.27. The number of pyridine rings is 1. The Morgan fingerprint density at radius 2 is 2.00 bits per heavy atom. The lowest BCUT2D eigenvalue weighted by atomic mass is 10.1. The first-order valence-electron chi connectivity index (χ1n) is 8.40. The van der Waals surface area contributed by atoms with Gasteiger partial charge in [0.2, 0.25) is 17.7 Å². The fourth-order valence-electron chi connectivity index (χ4n) is 2.51. The van der Waals surface area contributed by atoms with E-state index in [2.05, 4.69) is 20.5 Å². The van der Waals surface area contributed by atoms with Crippen molar-refractivity contribution >= 4 is 5.91 Å². The molecule has 3 rings (SSSR count). The van der Waals surface area contributed by atoms with Crippen molar-refractivity contribution in [1.82, 2.24) is 20.5 Å². The van der Waals surface area contributed by atoms with E-state index in [9.17, 15) is 4.79 Å². The maximum Gasteiger partial charge on any atom is 0.249 e. The molecule has 0 aliphatic carbocycles. The van der Waals surface area contributed by atoms with E-state index in [1.165, 1.54) is 0 Å². The zero-order chi connectivity index (χ0) is 19.1. The standard InChI is InChI=1S/C19H20N4O4/c1-25-15-6-5-13(10-16(15)26-2)11-17(24)21-9-7-18-22-23-19(27-18)14-4-3-8-20-12-14/h3-6,8,10,12H,7,9,11H2,1-2H3,(H,21,24). The van der Waals surface area contributed by atoms with Crippen LogP contribution < -0.4 is 14.8 Å². The number of hydrogen-bond acceptors (Lipinski definition) is 7. The van der Waals surface area contributed by atoms with Crippen molar-refractivity contribution in [2.75, 3.05) is 20.8 Å². The molecule has 140 valence electrons. The van der Waals surface area contributed by atoms with Crippen molar-refractivity contribution in [3.8, 4) is 23.0 Å². The molecule has 1 aromatic carbocycles. The van der Waals surface area contributed by atoms with Crippen LogP contribution in [0, 0.1) is 0 Å². The molecule has 8 heteroatoms. The molecule has 0 atom stereocenters. The van der Waals surface area contributed by atoms with Gasteiger partial charge in [0, 0.05) is 25.4 Å². The van der Waals surface area contributed by atoms with Gasteiger partial charge in [-0.15, -0.1) is 10.2 Å². The average molecular weight is 368 g/mol. The normalized spacial score (nSPS) is 10.4. The van der Waals surface area contributed by atoms with E-state index in [0.29, 0.717) is 36.2 Å². The molecule has 1 N–H and O–H groups in total. The first-order valence-corrected chi connectivity index (χ1v) is 8.40. The minimum Gasteiger partial charge on any atom is -0.493 e. The highest BCUT2D eigenvalue weighted by atomic mass is 16.5. The lowest BCUT2D eigenvalue weighted by molar-refractivity contribution is -0.120. The monoisotopic (exact) mass is 368 g/mol. The van der Waals surface area contributed by atoms with E-state index in [0.717, 1.165) is 11.1 Å². The molecule has 0 aliphatic rings. The molecule has 0 saturated heterocycles. The van der Waals surface area contributed by atoms with Crippen LogP contribution in [-0.2, 0) is 17.6 Å². The summed E-state index contributed by atoms with van der Waals surface area (Å²) in [7, 11) is 3.13. The molecule has 0 aliphatic heterocycles. The van der Waals surface area contributed by atoms with Gasteiger partial charge in [-0.2, -0.15) is 0 Å². The summed E-state index contributed by atoms with van der Waals surface area (Å²) in [6, 6.07) is 9.04. The van der Waals surface area contributed by atoms with Crippen LogP contribution in [-0.4, -0.2) is 41.9 Å². The lowest BCUT2D eigenvalue weighted by Crippen LogP contribution is -2.27. The molecule has 3 aromatic rings. The highest BCUT2D eigenvalue weighted by molar-refractivity contribution is 5.78. The second-order valence-electron chi connectivity index (χ2n) is 5.71. The fraction of sp³-hybridized carbons (Fsp3) is 0.263. The summed E-state index contributed by atoms with van der Waals surface area (Å²) in [6.45, 7) is 0.404. The third-order valence-corrected chi connectivity index (χ3v) is 3.85. The van der Waals surface area contributed by atoms with Gasteiger partial charge in [0.25, 0.3) is 0 Å². The van der Waals surface area contributed by atoms with Crippen molar-refractivity contribution in [3.63, 3.8) is 0 Å². The van der Waals surface area contributed by atoms with E-state index in [4.69, 9.17) is 13.9 Å². The quantitative estimate of drug-likeness (QED) is 0.649. The van der Waals surface area contributed by atoms with Crippen LogP contribution in [0.3, 0.4) is 0 Å². The van der Waals surface area contributed by atoms with Crippen LogP contribution in [0.15, 0.2) is 47.1 Å². The number of rotatable bonds is 8. The Kier molecular flexibility index (Phi) is 5.98. The molecule has 0 saturated carbocycles. The Hall–Kier alpha value is -3.42. The van der Waals surface area contributed by atoms with E-state index in [1.54, 1.807) is 44.8 Å². The Balaban J connectivity index is 1.49. The number of carbonyl (C=O) groups excluding carboxylic acids is 1. The maximum absolute atomic E-state index is 12.1. The molecule has 0 bridgehead atoms. The highest BCUT2D eigenvalue weighted by Gasteiger charge is 2.10. The predicted molar refractivity (Wildman–Crippen MR) is 97.5 cm³/mol. The molecule has 0 fully saturated rings. The molecule has 2 heterocycles. The van der Waals surface area contributed by atoms with Gasteiger partial charge < -0.3 is 19.2 Å². The Morgan fingerprint density at radius 3 is 2.74 bits per heavy atom. The van der Waals surface area contributed by atoms with Gasteiger partial charge in [-0.05, 0) is 29.8 Å². The Morgan fingerprint density at radius 1 is 1.15 bits per heavy atom. The van der Waals surface area contributed by atoms with Crippen molar-refractivity contribution in [2.24, 2.45) is 0 Å². The first-order chi connectivity index (χ1) is 13.2. The summed E-state index contributed by atoms with van der Waals surface area (Å²) < 4.78 is 16.0. The van der Waals surface area contributed by atoms with Gasteiger partial charge in [-0.1, -0.05) is 6.07 Å². The minimum absolute atomic E-state index is 0.103. The summed E-state index contributed by atoms with van der Waals surface area (Å²) in [5.74, 6) is 1.99. The zero-order valence-electron chi connectivity index (χ0n) is 15.1. The van der Waals surface area contributed by atoms with Crippen molar-refractivity contribution in [2.45, 2.75) is 12.8 Å². The van der Waals surface area contributed by atoms with Crippen LogP contribution in [0.2, 0.25) is 0 Å². The smallest absolute Gasteiger partial charge is 0.249 e. The number of methoxy groups -OCH3 is 2. The second kappa shape index (κ2) is 8.79. The van der Waals surface area contributed by atoms with E-state index >= 15 is 0 Å². The van der Waals surface area contributed by atoms with Crippen LogP contribution in [0.25, 0.3) is 11.5 Å². The number of nitrogens with one attached hydrogen (secondary N) is 1.